The van der Waals surface area contributed by atoms with Gasteiger partial charge >= 0.3 is 5.97 Å². The van der Waals surface area contributed by atoms with E-state index in [9.17, 15) is 4.79 Å². The molecule has 0 amide bonds. The van der Waals surface area contributed by atoms with E-state index < -0.39 is 0 Å². The number of hydrogen-bond acceptors (Lipinski definition) is 2. The highest BCUT2D eigenvalue weighted by Crippen LogP contribution is 2.13. The lowest BCUT2D eigenvalue weighted by Gasteiger charge is -2.00. The Morgan fingerprint density at radius 3 is 2.60 bits per heavy atom. The van der Waals surface area contributed by atoms with Crippen LogP contribution in [0.3, 0.4) is 0 Å². The Morgan fingerprint density at radius 2 is 2.07 bits per heavy atom. The molecule has 0 saturated carbocycles. The fraction of sp³-hybridized carbons (Fsp3) is 0.583. The molecule has 0 aromatic rings. The molecule has 0 aliphatic rings. The van der Waals surface area contributed by atoms with Crippen molar-refractivity contribution in [3.63, 3.8) is 0 Å². The van der Waals surface area contributed by atoms with Crippen LogP contribution in [0.5, 0.6) is 0 Å². The van der Waals surface area contributed by atoms with Crippen LogP contribution >= 0.6 is 15.9 Å². The Labute approximate surface area is 100 Å². The molecule has 0 unspecified atom stereocenters. The van der Waals surface area contributed by atoms with Crippen LogP contribution in [-0.2, 0) is 9.53 Å². The highest BCUT2D eigenvalue weighted by atomic mass is 79.9. The van der Waals surface area contributed by atoms with Gasteiger partial charge in [-0.3, -0.25) is 0 Å². The quantitative estimate of drug-likeness (QED) is 0.339. The van der Waals surface area contributed by atoms with Gasteiger partial charge in [0.2, 0.25) is 0 Å². The van der Waals surface area contributed by atoms with Gasteiger partial charge in [-0.25, -0.2) is 4.79 Å². The summed E-state index contributed by atoms with van der Waals surface area (Å²) in [6.45, 7) is 6.09. The normalized spacial score (nSPS) is 11.2. The van der Waals surface area contributed by atoms with Crippen LogP contribution in [0.1, 0.15) is 40.0 Å². The van der Waals surface area contributed by atoms with Crippen molar-refractivity contribution in [1.29, 1.82) is 0 Å². The third kappa shape index (κ3) is 6.35. The van der Waals surface area contributed by atoms with Crippen molar-refractivity contribution in [2.75, 3.05) is 6.61 Å². The predicted octanol–water partition coefficient (Wildman–Crippen LogP) is 3.41. The molecule has 15 heavy (non-hydrogen) atoms. The average Bonchev–Trinajstić information content (AvgIpc) is 2.23. The van der Waals surface area contributed by atoms with Crippen LogP contribution in [0.25, 0.3) is 0 Å². The van der Waals surface area contributed by atoms with Gasteiger partial charge in [0.1, 0.15) is 4.48 Å². The molecular weight excluding hydrogens is 256 g/mol. The van der Waals surface area contributed by atoms with Crippen molar-refractivity contribution in [3.8, 4) is 11.8 Å². The molecule has 84 valence electrons. The fourth-order valence-corrected chi connectivity index (χ4v) is 1.08. The van der Waals surface area contributed by atoms with Crippen LogP contribution in [0, 0.1) is 11.8 Å². The zero-order valence-corrected chi connectivity index (χ0v) is 11.1. The summed E-state index contributed by atoms with van der Waals surface area (Å²) in [4.78, 5) is 11.3. The van der Waals surface area contributed by atoms with Crippen LogP contribution < -0.4 is 0 Å². The van der Waals surface area contributed by atoms with Crippen molar-refractivity contribution in [2.45, 2.75) is 40.0 Å². The fourth-order valence-electron chi connectivity index (χ4n) is 0.863. The van der Waals surface area contributed by atoms with Crippen molar-refractivity contribution in [2.24, 2.45) is 0 Å². The van der Waals surface area contributed by atoms with Gasteiger partial charge < -0.3 is 4.74 Å². The maximum absolute atomic E-state index is 11.3. The first kappa shape index (κ1) is 14.2. The smallest absolute Gasteiger partial charge is 0.346 e. The summed E-state index contributed by atoms with van der Waals surface area (Å²) in [5.41, 5.74) is 0.726. The largest absolute Gasteiger partial charge is 0.462 e. The number of carbonyl (C=O) groups excluding carboxylic acids is 1. The topological polar surface area (TPSA) is 26.3 Å². The number of hydrogen-bond donors (Lipinski definition) is 0. The van der Waals surface area contributed by atoms with E-state index in [1.165, 1.54) is 0 Å². The summed E-state index contributed by atoms with van der Waals surface area (Å²) in [5, 5.41) is 0. The molecule has 0 aromatic carbocycles. The predicted molar refractivity (Wildman–Crippen MR) is 65.6 cm³/mol. The Balaban J connectivity index is 4.34. The number of allylic oxidation sites excluding steroid dienone is 1. The van der Waals surface area contributed by atoms with Gasteiger partial charge in [0.25, 0.3) is 0 Å². The second-order valence-electron chi connectivity index (χ2n) is 3.06. The van der Waals surface area contributed by atoms with Gasteiger partial charge in [-0.1, -0.05) is 25.2 Å². The Hall–Kier alpha value is -0.750. The Morgan fingerprint density at radius 1 is 1.40 bits per heavy atom. The van der Waals surface area contributed by atoms with Crippen molar-refractivity contribution in [3.05, 3.63) is 10.1 Å². The van der Waals surface area contributed by atoms with Gasteiger partial charge in [0.05, 0.1) is 6.61 Å². The zero-order valence-electron chi connectivity index (χ0n) is 9.52. The number of esters is 1. The Kier molecular flexibility index (Phi) is 8.12. The van der Waals surface area contributed by atoms with Gasteiger partial charge in [0, 0.05) is 12.0 Å². The molecule has 0 rings (SSSR count). The summed E-state index contributed by atoms with van der Waals surface area (Å²) in [7, 11) is 0. The van der Waals surface area contributed by atoms with Gasteiger partial charge in [-0.2, -0.15) is 0 Å². The highest BCUT2D eigenvalue weighted by Gasteiger charge is 2.08. The minimum absolute atomic E-state index is 0.347. The molecule has 3 heteroatoms. The third-order valence-electron chi connectivity index (χ3n) is 1.72. The van der Waals surface area contributed by atoms with Gasteiger partial charge in [0.15, 0.2) is 0 Å². The second kappa shape index (κ2) is 8.55. The molecule has 0 fully saturated rings. The third-order valence-corrected chi connectivity index (χ3v) is 2.63. The molecule has 0 radical (unpaired) electrons. The van der Waals surface area contributed by atoms with E-state index in [0.717, 1.165) is 24.8 Å². The zero-order chi connectivity index (χ0) is 11.7. The van der Waals surface area contributed by atoms with Crippen LogP contribution in [0.4, 0.5) is 0 Å². The summed E-state index contributed by atoms with van der Waals surface area (Å²) < 4.78 is 5.27. The Bertz CT molecular complexity index is 294. The molecule has 0 aromatic heterocycles. The van der Waals surface area contributed by atoms with E-state index in [0.29, 0.717) is 11.1 Å². The maximum atomic E-state index is 11.3. The van der Waals surface area contributed by atoms with Crippen LogP contribution in [0.2, 0.25) is 0 Å². The average molecular weight is 273 g/mol. The molecule has 0 heterocycles. The van der Waals surface area contributed by atoms with Crippen molar-refractivity contribution >= 4 is 21.9 Å². The standard InChI is InChI=1S/C12H17BrO2/c1-4-6-7-8-9-10(3)11(13)12(14)15-5-2/h4-7H2,1-3H3/b11-10+. The molecule has 0 atom stereocenters. The molecule has 0 bridgehead atoms. The first-order valence-corrected chi connectivity index (χ1v) is 5.95. The summed E-state index contributed by atoms with van der Waals surface area (Å²) in [6, 6.07) is 0. The maximum Gasteiger partial charge on any atom is 0.346 e. The molecule has 0 N–H and O–H groups in total. The number of unbranched alkanes of at least 4 members (excludes halogenated alkanes) is 2. The molecule has 2 nitrogen and oxygen atoms in total. The summed E-state index contributed by atoms with van der Waals surface area (Å²) >= 11 is 3.18. The summed E-state index contributed by atoms with van der Waals surface area (Å²) in [5.74, 6) is 5.61. The highest BCUT2D eigenvalue weighted by molar-refractivity contribution is 9.12. The van der Waals surface area contributed by atoms with E-state index in [-0.39, 0.29) is 5.97 Å². The second-order valence-corrected chi connectivity index (χ2v) is 3.86. The van der Waals surface area contributed by atoms with E-state index in [2.05, 4.69) is 34.7 Å². The molecule has 0 aliphatic heterocycles. The number of halogens is 1. The molecular formula is C12H17BrO2. The van der Waals surface area contributed by atoms with Gasteiger partial charge in [-0.05, 0) is 36.2 Å². The van der Waals surface area contributed by atoms with E-state index in [1.807, 2.05) is 0 Å². The minimum Gasteiger partial charge on any atom is -0.462 e. The lowest BCUT2D eigenvalue weighted by atomic mass is 10.2. The lowest BCUT2D eigenvalue weighted by Crippen LogP contribution is -2.04. The first-order valence-electron chi connectivity index (χ1n) is 5.15. The number of carbonyl (C=O) groups is 1. The lowest BCUT2D eigenvalue weighted by molar-refractivity contribution is -0.137. The van der Waals surface area contributed by atoms with Crippen LogP contribution in [0.15, 0.2) is 10.1 Å². The first-order chi connectivity index (χ1) is 7.13. The van der Waals surface area contributed by atoms with Crippen LogP contribution in [-0.4, -0.2) is 12.6 Å². The molecule has 0 spiro atoms. The van der Waals surface area contributed by atoms with E-state index >= 15 is 0 Å². The van der Waals surface area contributed by atoms with E-state index in [4.69, 9.17) is 4.74 Å². The molecule has 0 aliphatic carbocycles. The molecule has 0 saturated heterocycles. The van der Waals surface area contributed by atoms with Gasteiger partial charge in [-0.15, -0.1) is 0 Å². The van der Waals surface area contributed by atoms with Crippen molar-refractivity contribution < 1.29 is 9.53 Å². The number of ether oxygens (including phenoxy) is 1. The van der Waals surface area contributed by atoms with E-state index in [1.54, 1.807) is 13.8 Å². The SMILES string of the molecule is CCCCC#C/C(C)=C(/Br)C(=O)OCC. The summed E-state index contributed by atoms with van der Waals surface area (Å²) in [6.07, 6.45) is 3.10. The minimum atomic E-state index is -0.347. The monoisotopic (exact) mass is 272 g/mol. The number of rotatable bonds is 4. The van der Waals surface area contributed by atoms with Crippen molar-refractivity contribution in [1.82, 2.24) is 0 Å².